The van der Waals surface area contributed by atoms with Gasteiger partial charge in [-0.3, -0.25) is 0 Å². The predicted molar refractivity (Wildman–Crippen MR) is 191 cm³/mol. The third kappa shape index (κ3) is 5.41. The Kier molecular flexibility index (Phi) is 9.40. The van der Waals surface area contributed by atoms with Gasteiger partial charge >= 0.3 is 0 Å². The topological polar surface area (TPSA) is 46.2 Å². The Morgan fingerprint density at radius 3 is 0.625 bits per heavy atom. The van der Waals surface area contributed by atoms with E-state index in [0.717, 1.165) is 62.1 Å². The van der Waals surface area contributed by atoms with Crippen molar-refractivity contribution in [2.45, 2.75) is 10.8 Å². The fourth-order valence-corrected chi connectivity index (χ4v) is 7.19. The molecular formula is C43H40O5. The molecule has 0 aliphatic heterocycles. The van der Waals surface area contributed by atoms with E-state index in [9.17, 15) is 0 Å². The van der Waals surface area contributed by atoms with Crippen molar-refractivity contribution in [3.8, 4) is 28.7 Å². The quantitative estimate of drug-likeness (QED) is 0.125. The van der Waals surface area contributed by atoms with Gasteiger partial charge in [0.2, 0.25) is 0 Å². The second kappa shape index (κ2) is 14.0. The summed E-state index contributed by atoms with van der Waals surface area (Å²) in [4.78, 5) is 0. The summed E-state index contributed by atoms with van der Waals surface area (Å²) in [5.41, 5.74) is 4.68. The summed E-state index contributed by atoms with van der Waals surface area (Å²) in [6.45, 7) is 0. The van der Waals surface area contributed by atoms with Crippen LogP contribution in [0.3, 0.4) is 0 Å². The molecule has 0 bridgehead atoms. The van der Waals surface area contributed by atoms with Crippen LogP contribution in [0.4, 0.5) is 0 Å². The molecule has 6 aromatic rings. The molecule has 242 valence electrons. The van der Waals surface area contributed by atoms with Crippen LogP contribution in [-0.4, -0.2) is 35.5 Å². The molecule has 48 heavy (non-hydrogen) atoms. The summed E-state index contributed by atoms with van der Waals surface area (Å²) < 4.78 is 28.4. The fraction of sp³-hybridized carbons (Fsp3) is 0.163. The number of ether oxygens (including phenoxy) is 5. The van der Waals surface area contributed by atoms with E-state index in [-0.39, 0.29) is 0 Å². The molecule has 0 heterocycles. The average molecular weight is 637 g/mol. The predicted octanol–water partition coefficient (Wildman–Crippen LogP) is 9.10. The minimum absolute atomic E-state index is 0.774. The fourth-order valence-electron chi connectivity index (χ4n) is 7.19. The normalized spacial score (nSPS) is 11.4. The van der Waals surface area contributed by atoms with Gasteiger partial charge in [-0.15, -0.1) is 0 Å². The molecule has 6 aromatic carbocycles. The highest BCUT2D eigenvalue weighted by Gasteiger charge is 2.57. The Labute approximate surface area is 283 Å². The zero-order valence-electron chi connectivity index (χ0n) is 28.0. The Balaban J connectivity index is 1.90. The van der Waals surface area contributed by atoms with Crippen LogP contribution in [0.25, 0.3) is 0 Å². The smallest absolute Gasteiger partial charge is 0.118 e. The highest BCUT2D eigenvalue weighted by molar-refractivity contribution is 5.68. The maximum Gasteiger partial charge on any atom is 0.118 e. The summed E-state index contributed by atoms with van der Waals surface area (Å²) in [6.07, 6.45) is 0. The molecule has 0 aliphatic carbocycles. The van der Waals surface area contributed by atoms with Crippen LogP contribution in [0.2, 0.25) is 0 Å². The molecule has 5 heteroatoms. The monoisotopic (exact) mass is 636 g/mol. The van der Waals surface area contributed by atoms with Crippen LogP contribution in [0, 0.1) is 0 Å². The minimum Gasteiger partial charge on any atom is -0.497 e. The standard InChI is InChI=1S/C43H40O5/c1-44-37-21-11-32(12-22-37)42(31-9-7-6-8-10-31,33-13-23-38(45-2)24-14-33)43(34-15-25-39(46-3)26-16-34,35-17-27-40(47-4)28-18-35)36-19-29-41(48-5)30-20-36/h6-30H,1-5H3. The van der Waals surface area contributed by atoms with Gasteiger partial charge in [-0.2, -0.15) is 0 Å². The first-order valence-corrected chi connectivity index (χ1v) is 15.8. The van der Waals surface area contributed by atoms with E-state index in [0.29, 0.717) is 0 Å². The third-order valence-electron chi connectivity index (χ3n) is 9.38. The molecule has 0 amide bonds. The summed E-state index contributed by atoms with van der Waals surface area (Å²) >= 11 is 0. The second-order valence-corrected chi connectivity index (χ2v) is 11.5. The molecule has 0 fully saturated rings. The van der Waals surface area contributed by atoms with Gasteiger partial charge in [-0.25, -0.2) is 0 Å². The maximum absolute atomic E-state index is 5.68. The van der Waals surface area contributed by atoms with E-state index >= 15 is 0 Å². The van der Waals surface area contributed by atoms with Gasteiger partial charge in [0.15, 0.2) is 0 Å². The second-order valence-electron chi connectivity index (χ2n) is 11.5. The largest absolute Gasteiger partial charge is 0.497 e. The van der Waals surface area contributed by atoms with Crippen LogP contribution in [-0.2, 0) is 10.8 Å². The van der Waals surface area contributed by atoms with Crippen molar-refractivity contribution >= 4 is 0 Å². The Hall–Kier alpha value is -5.68. The van der Waals surface area contributed by atoms with Crippen molar-refractivity contribution in [3.05, 3.63) is 185 Å². The van der Waals surface area contributed by atoms with Gasteiger partial charge in [-0.1, -0.05) is 91.0 Å². The molecule has 0 unspecified atom stereocenters. The molecule has 0 aromatic heterocycles. The number of rotatable bonds is 12. The Morgan fingerprint density at radius 2 is 0.438 bits per heavy atom. The molecule has 0 saturated carbocycles. The lowest BCUT2D eigenvalue weighted by Crippen LogP contribution is -2.52. The van der Waals surface area contributed by atoms with Crippen LogP contribution >= 0.6 is 0 Å². The zero-order chi connectivity index (χ0) is 33.6. The van der Waals surface area contributed by atoms with E-state index in [1.54, 1.807) is 35.5 Å². The molecule has 0 radical (unpaired) electrons. The van der Waals surface area contributed by atoms with Crippen molar-refractivity contribution in [2.75, 3.05) is 35.5 Å². The van der Waals surface area contributed by atoms with Gasteiger partial charge in [0, 0.05) is 0 Å². The first-order chi connectivity index (χ1) is 23.5. The minimum atomic E-state index is -0.887. The first-order valence-electron chi connectivity index (χ1n) is 15.8. The summed E-state index contributed by atoms with van der Waals surface area (Å²) in [7, 11) is 8.47. The van der Waals surface area contributed by atoms with Crippen molar-refractivity contribution in [1.82, 2.24) is 0 Å². The van der Waals surface area contributed by atoms with Crippen LogP contribution in [0.1, 0.15) is 33.4 Å². The van der Waals surface area contributed by atoms with Crippen LogP contribution < -0.4 is 23.7 Å². The Bertz CT molecular complexity index is 1730. The van der Waals surface area contributed by atoms with Gasteiger partial charge in [0.05, 0.1) is 46.4 Å². The first kappa shape index (κ1) is 32.3. The summed E-state index contributed by atoms with van der Waals surface area (Å²) in [5.74, 6) is 3.88. The lowest BCUT2D eigenvalue weighted by molar-refractivity contribution is 0.398. The molecule has 0 atom stereocenters. The summed E-state index contributed by atoms with van der Waals surface area (Å²) in [6, 6.07) is 52.9. The maximum atomic E-state index is 5.68. The highest BCUT2D eigenvalue weighted by Crippen LogP contribution is 2.60. The number of methoxy groups -OCH3 is 5. The average Bonchev–Trinajstić information content (AvgIpc) is 3.18. The van der Waals surface area contributed by atoms with E-state index in [1.807, 2.05) is 60.7 Å². The van der Waals surface area contributed by atoms with Gasteiger partial charge in [0.1, 0.15) is 28.7 Å². The SMILES string of the molecule is COc1ccc(C(c2ccccc2)(c2ccc(OC)cc2)C(c2ccc(OC)cc2)(c2ccc(OC)cc2)c2ccc(OC)cc2)cc1. The number of hydrogen-bond donors (Lipinski definition) is 0. The third-order valence-corrected chi connectivity index (χ3v) is 9.38. The molecule has 0 saturated heterocycles. The molecular weight excluding hydrogens is 596 g/mol. The van der Waals surface area contributed by atoms with Crippen LogP contribution in [0.5, 0.6) is 28.7 Å². The highest BCUT2D eigenvalue weighted by atomic mass is 16.5. The molecule has 0 N–H and O–H groups in total. The van der Waals surface area contributed by atoms with E-state index < -0.39 is 10.8 Å². The zero-order valence-corrected chi connectivity index (χ0v) is 28.0. The van der Waals surface area contributed by atoms with Gasteiger partial charge in [0.25, 0.3) is 0 Å². The van der Waals surface area contributed by atoms with Gasteiger partial charge < -0.3 is 23.7 Å². The van der Waals surface area contributed by atoms with E-state index in [4.69, 9.17) is 23.7 Å². The summed E-state index contributed by atoms with van der Waals surface area (Å²) in [5, 5.41) is 0. The molecule has 0 spiro atoms. The Morgan fingerprint density at radius 1 is 0.250 bits per heavy atom. The van der Waals surface area contributed by atoms with Crippen molar-refractivity contribution in [3.63, 3.8) is 0 Å². The van der Waals surface area contributed by atoms with Crippen molar-refractivity contribution in [1.29, 1.82) is 0 Å². The number of benzene rings is 6. The van der Waals surface area contributed by atoms with E-state index in [2.05, 4.69) is 91.0 Å². The van der Waals surface area contributed by atoms with E-state index in [1.165, 1.54) is 0 Å². The van der Waals surface area contributed by atoms with Crippen molar-refractivity contribution < 1.29 is 23.7 Å². The number of hydrogen-bond acceptors (Lipinski definition) is 5. The molecule has 5 nitrogen and oxygen atoms in total. The lowest BCUT2D eigenvalue weighted by atomic mass is 9.47. The van der Waals surface area contributed by atoms with Crippen molar-refractivity contribution in [2.24, 2.45) is 0 Å². The molecule has 6 rings (SSSR count). The van der Waals surface area contributed by atoms with Crippen LogP contribution in [0.15, 0.2) is 152 Å². The lowest BCUT2D eigenvalue weighted by Gasteiger charge is -2.53. The van der Waals surface area contributed by atoms with Gasteiger partial charge in [-0.05, 0) is 94.0 Å². The molecule has 0 aliphatic rings.